The minimum absolute atomic E-state index is 0.183. The van der Waals surface area contributed by atoms with Crippen molar-refractivity contribution in [2.24, 2.45) is 0 Å². The standard InChI is InChI=1S/C22H27N3O4S/c1-28-15-11-14(12-16(13-15)29-2)20(26)24-22-23-19-17(7-8-18(19)30-22)21(27)25-9-5-3-4-6-10-25/h11-13,17H,3-10H2,1-2H3,(H,23,24,26). The predicted octanol–water partition coefficient (Wildman–Crippen LogP) is 3.85. The van der Waals surface area contributed by atoms with Crippen molar-refractivity contribution in [3.8, 4) is 11.5 Å². The fourth-order valence-electron chi connectivity index (χ4n) is 4.14. The summed E-state index contributed by atoms with van der Waals surface area (Å²) in [6.07, 6.45) is 6.19. The molecule has 1 aromatic carbocycles. The van der Waals surface area contributed by atoms with Crippen LogP contribution in [0.1, 0.15) is 59.0 Å². The highest BCUT2D eigenvalue weighted by molar-refractivity contribution is 7.16. The number of rotatable bonds is 5. The van der Waals surface area contributed by atoms with E-state index in [0.29, 0.717) is 22.2 Å². The maximum Gasteiger partial charge on any atom is 0.257 e. The van der Waals surface area contributed by atoms with Crippen LogP contribution in [-0.2, 0) is 11.2 Å². The van der Waals surface area contributed by atoms with E-state index in [2.05, 4.69) is 10.3 Å². The number of carbonyl (C=O) groups is 2. The molecule has 0 saturated carbocycles. The number of anilines is 1. The number of hydrogen-bond donors (Lipinski definition) is 1. The van der Waals surface area contributed by atoms with Gasteiger partial charge in [-0.15, -0.1) is 11.3 Å². The van der Waals surface area contributed by atoms with E-state index >= 15 is 0 Å². The summed E-state index contributed by atoms with van der Waals surface area (Å²) >= 11 is 1.46. The lowest BCUT2D eigenvalue weighted by Crippen LogP contribution is -2.35. The molecule has 1 aliphatic heterocycles. The van der Waals surface area contributed by atoms with Crippen molar-refractivity contribution in [1.29, 1.82) is 0 Å². The van der Waals surface area contributed by atoms with Crippen LogP contribution in [0.4, 0.5) is 5.13 Å². The van der Waals surface area contributed by atoms with Gasteiger partial charge >= 0.3 is 0 Å². The molecular weight excluding hydrogens is 402 g/mol. The molecule has 2 amide bonds. The Labute approximate surface area is 180 Å². The maximum absolute atomic E-state index is 13.1. The first-order valence-electron chi connectivity index (χ1n) is 10.4. The van der Waals surface area contributed by atoms with E-state index in [1.807, 2.05) is 4.90 Å². The lowest BCUT2D eigenvalue weighted by atomic mass is 10.1. The van der Waals surface area contributed by atoms with Gasteiger partial charge in [-0.25, -0.2) is 4.98 Å². The fraction of sp³-hybridized carbons (Fsp3) is 0.500. The lowest BCUT2D eigenvalue weighted by molar-refractivity contribution is -0.132. The van der Waals surface area contributed by atoms with E-state index < -0.39 is 0 Å². The predicted molar refractivity (Wildman–Crippen MR) is 116 cm³/mol. The minimum Gasteiger partial charge on any atom is -0.497 e. The van der Waals surface area contributed by atoms with Crippen LogP contribution in [-0.4, -0.2) is 49.0 Å². The third kappa shape index (κ3) is 4.28. The van der Waals surface area contributed by atoms with Gasteiger partial charge in [0.1, 0.15) is 11.5 Å². The summed E-state index contributed by atoms with van der Waals surface area (Å²) in [6, 6.07) is 5.03. The zero-order valence-electron chi connectivity index (χ0n) is 17.4. The van der Waals surface area contributed by atoms with Crippen LogP contribution < -0.4 is 14.8 Å². The van der Waals surface area contributed by atoms with Crippen molar-refractivity contribution in [3.05, 3.63) is 34.3 Å². The summed E-state index contributed by atoms with van der Waals surface area (Å²) in [4.78, 5) is 33.6. The van der Waals surface area contributed by atoms with Crippen LogP contribution >= 0.6 is 11.3 Å². The Morgan fingerprint density at radius 1 is 1.07 bits per heavy atom. The molecule has 160 valence electrons. The van der Waals surface area contributed by atoms with E-state index in [-0.39, 0.29) is 17.7 Å². The average Bonchev–Trinajstić information content (AvgIpc) is 3.21. The summed E-state index contributed by atoms with van der Waals surface area (Å²) in [5.74, 6) is 0.816. The third-order valence-corrected chi connectivity index (χ3v) is 6.81. The number of carbonyl (C=O) groups excluding carboxylic acids is 2. The normalized spacial score (nSPS) is 18.5. The smallest absolute Gasteiger partial charge is 0.257 e. The molecule has 2 aromatic rings. The minimum atomic E-state index is -0.282. The molecule has 1 aromatic heterocycles. The summed E-state index contributed by atoms with van der Waals surface area (Å²) in [5, 5.41) is 3.40. The van der Waals surface area contributed by atoms with Gasteiger partial charge in [-0.3, -0.25) is 14.9 Å². The number of ether oxygens (including phenoxy) is 2. The zero-order chi connectivity index (χ0) is 21.1. The number of aryl methyl sites for hydroxylation is 1. The van der Waals surface area contributed by atoms with Crippen LogP contribution in [0.3, 0.4) is 0 Å². The first-order chi connectivity index (χ1) is 14.6. The Morgan fingerprint density at radius 3 is 2.37 bits per heavy atom. The monoisotopic (exact) mass is 429 g/mol. The van der Waals surface area contributed by atoms with E-state index in [0.717, 1.165) is 49.3 Å². The molecular formula is C22H27N3O4S. The molecule has 1 aliphatic carbocycles. The van der Waals surface area contributed by atoms with E-state index in [9.17, 15) is 9.59 Å². The van der Waals surface area contributed by atoms with Gasteiger partial charge in [0.15, 0.2) is 5.13 Å². The molecule has 2 heterocycles. The van der Waals surface area contributed by atoms with Gasteiger partial charge in [0.05, 0.1) is 25.8 Å². The summed E-state index contributed by atoms with van der Waals surface area (Å²) in [6.45, 7) is 1.69. The number of hydrogen-bond acceptors (Lipinski definition) is 6. The highest BCUT2D eigenvalue weighted by atomic mass is 32.1. The second-order valence-electron chi connectivity index (χ2n) is 7.71. The van der Waals surface area contributed by atoms with Gasteiger partial charge in [-0.05, 0) is 37.8 Å². The second-order valence-corrected chi connectivity index (χ2v) is 8.80. The first-order valence-corrected chi connectivity index (χ1v) is 11.2. The molecule has 0 bridgehead atoms. The Morgan fingerprint density at radius 2 is 1.73 bits per heavy atom. The molecule has 1 fully saturated rings. The van der Waals surface area contributed by atoms with Crippen LogP contribution in [0.25, 0.3) is 0 Å². The van der Waals surface area contributed by atoms with Crippen molar-refractivity contribution < 1.29 is 19.1 Å². The number of aromatic nitrogens is 1. The number of methoxy groups -OCH3 is 2. The summed E-state index contributed by atoms with van der Waals surface area (Å²) in [7, 11) is 3.09. The molecule has 0 radical (unpaired) electrons. The van der Waals surface area contributed by atoms with E-state index in [1.54, 1.807) is 32.4 Å². The van der Waals surface area contributed by atoms with Crippen LogP contribution in [0.2, 0.25) is 0 Å². The van der Waals surface area contributed by atoms with Crippen molar-refractivity contribution in [2.45, 2.75) is 44.4 Å². The van der Waals surface area contributed by atoms with Gasteiger partial charge in [-0.2, -0.15) is 0 Å². The molecule has 1 N–H and O–H groups in total. The third-order valence-electron chi connectivity index (χ3n) is 5.77. The fourth-order valence-corrected chi connectivity index (χ4v) is 5.17. The average molecular weight is 430 g/mol. The van der Waals surface area contributed by atoms with Crippen molar-refractivity contribution >= 4 is 28.3 Å². The Kier molecular flexibility index (Phi) is 6.22. The number of nitrogens with zero attached hydrogens (tertiary/aromatic N) is 2. The molecule has 1 saturated heterocycles. The van der Waals surface area contributed by atoms with Crippen molar-refractivity contribution in [1.82, 2.24) is 9.88 Å². The van der Waals surface area contributed by atoms with Gasteiger partial charge in [0, 0.05) is 29.6 Å². The Bertz CT molecular complexity index is 912. The van der Waals surface area contributed by atoms with Gasteiger partial charge in [-0.1, -0.05) is 12.8 Å². The first kappa shape index (κ1) is 20.7. The highest BCUT2D eigenvalue weighted by Gasteiger charge is 2.35. The maximum atomic E-state index is 13.1. The number of benzene rings is 1. The number of fused-ring (bicyclic) bond motifs is 1. The topological polar surface area (TPSA) is 80.8 Å². The Hall–Kier alpha value is -2.61. The van der Waals surface area contributed by atoms with Crippen molar-refractivity contribution in [3.63, 3.8) is 0 Å². The van der Waals surface area contributed by atoms with E-state index in [4.69, 9.17) is 9.47 Å². The number of likely N-dealkylation sites (tertiary alicyclic amines) is 1. The van der Waals surface area contributed by atoms with Gasteiger partial charge in [0.2, 0.25) is 5.91 Å². The van der Waals surface area contributed by atoms with Gasteiger partial charge in [0.25, 0.3) is 5.91 Å². The summed E-state index contributed by atoms with van der Waals surface area (Å²) in [5.41, 5.74) is 1.27. The largest absolute Gasteiger partial charge is 0.497 e. The summed E-state index contributed by atoms with van der Waals surface area (Å²) < 4.78 is 10.5. The quantitative estimate of drug-likeness (QED) is 0.781. The van der Waals surface area contributed by atoms with Gasteiger partial charge < -0.3 is 14.4 Å². The lowest BCUT2D eigenvalue weighted by Gasteiger charge is -2.23. The molecule has 1 unspecified atom stereocenters. The molecule has 0 spiro atoms. The van der Waals surface area contributed by atoms with Crippen LogP contribution in [0.5, 0.6) is 11.5 Å². The molecule has 30 heavy (non-hydrogen) atoms. The van der Waals surface area contributed by atoms with E-state index in [1.165, 1.54) is 24.2 Å². The zero-order valence-corrected chi connectivity index (χ0v) is 18.2. The molecule has 1 atom stereocenters. The molecule has 2 aliphatic rings. The number of amides is 2. The highest BCUT2D eigenvalue weighted by Crippen LogP contribution is 2.39. The number of nitrogens with one attached hydrogen (secondary N) is 1. The van der Waals surface area contributed by atoms with Crippen LogP contribution in [0.15, 0.2) is 18.2 Å². The molecule has 4 rings (SSSR count). The SMILES string of the molecule is COc1cc(OC)cc(C(=O)Nc2nc3c(s2)CCC3C(=O)N2CCCCCC2)c1. The number of thiazole rings is 1. The second kappa shape index (κ2) is 9.04. The molecule has 8 heteroatoms. The van der Waals surface area contributed by atoms with Crippen molar-refractivity contribution in [2.75, 3.05) is 32.6 Å². The molecule has 7 nitrogen and oxygen atoms in total. The van der Waals surface area contributed by atoms with Crippen LogP contribution in [0, 0.1) is 0 Å². The Balaban J connectivity index is 1.48.